The van der Waals surface area contributed by atoms with Crippen LogP contribution in [0.2, 0.25) is 0 Å². The summed E-state index contributed by atoms with van der Waals surface area (Å²) in [5, 5.41) is 3.54. The van der Waals surface area contributed by atoms with Crippen LogP contribution in [0.3, 0.4) is 0 Å². The molecule has 0 spiro atoms. The number of nitrogens with zero attached hydrogens (tertiary/aromatic N) is 3. The molecule has 2 aliphatic heterocycles. The minimum absolute atomic E-state index is 0. The SMILES string of the molecule is CN=C(NCc1ccc(CN2CCCCC2)cc1)N1CCC(OCCCOC)CC1.I. The molecule has 0 bridgehead atoms. The Morgan fingerprint density at radius 3 is 2.32 bits per heavy atom. The summed E-state index contributed by atoms with van der Waals surface area (Å²) in [7, 11) is 3.61. The highest BCUT2D eigenvalue weighted by atomic mass is 127. The Morgan fingerprint density at radius 1 is 1.00 bits per heavy atom. The van der Waals surface area contributed by atoms with E-state index in [0.717, 1.165) is 64.6 Å². The van der Waals surface area contributed by atoms with Crippen molar-refractivity contribution >= 4 is 29.9 Å². The summed E-state index contributed by atoms with van der Waals surface area (Å²) >= 11 is 0. The molecule has 3 rings (SSSR count). The highest BCUT2D eigenvalue weighted by Gasteiger charge is 2.21. The third-order valence-electron chi connectivity index (χ3n) is 6.13. The smallest absolute Gasteiger partial charge is 0.193 e. The topological polar surface area (TPSA) is 49.3 Å². The molecule has 0 saturated carbocycles. The molecule has 2 heterocycles. The van der Waals surface area contributed by atoms with Crippen LogP contribution in [0.4, 0.5) is 0 Å². The maximum atomic E-state index is 5.97. The summed E-state index contributed by atoms with van der Waals surface area (Å²) in [5.41, 5.74) is 2.72. The van der Waals surface area contributed by atoms with Crippen LogP contribution in [0.15, 0.2) is 29.3 Å². The molecule has 2 aliphatic rings. The van der Waals surface area contributed by atoms with Gasteiger partial charge in [0, 0.05) is 53.6 Å². The van der Waals surface area contributed by atoms with Crippen LogP contribution >= 0.6 is 24.0 Å². The quantitative estimate of drug-likeness (QED) is 0.221. The molecule has 1 aromatic rings. The Hall–Kier alpha value is -0.900. The van der Waals surface area contributed by atoms with Crippen LogP contribution in [-0.2, 0) is 22.6 Å². The molecular weight excluding hydrogens is 503 g/mol. The van der Waals surface area contributed by atoms with Crippen molar-refractivity contribution in [1.82, 2.24) is 15.1 Å². The molecule has 2 saturated heterocycles. The second kappa shape index (κ2) is 15.0. The van der Waals surface area contributed by atoms with Gasteiger partial charge in [0.15, 0.2) is 5.96 Å². The van der Waals surface area contributed by atoms with E-state index in [0.29, 0.717) is 6.10 Å². The van der Waals surface area contributed by atoms with Crippen LogP contribution in [0.1, 0.15) is 49.7 Å². The van der Waals surface area contributed by atoms with Crippen LogP contribution in [0.25, 0.3) is 0 Å². The number of halogens is 1. The Balaban J connectivity index is 0.00000341. The maximum Gasteiger partial charge on any atom is 0.193 e. The van der Waals surface area contributed by atoms with Crippen molar-refractivity contribution in [2.24, 2.45) is 4.99 Å². The van der Waals surface area contributed by atoms with Crippen LogP contribution in [0.5, 0.6) is 0 Å². The molecule has 0 radical (unpaired) electrons. The van der Waals surface area contributed by atoms with Gasteiger partial charge >= 0.3 is 0 Å². The van der Waals surface area contributed by atoms with E-state index in [1.165, 1.54) is 43.5 Å². The molecule has 0 atom stereocenters. The van der Waals surface area contributed by atoms with Gasteiger partial charge in [-0.1, -0.05) is 30.7 Å². The summed E-state index contributed by atoms with van der Waals surface area (Å²) in [5.74, 6) is 0.991. The molecule has 7 heteroatoms. The number of guanidine groups is 1. The van der Waals surface area contributed by atoms with Crippen molar-refractivity contribution < 1.29 is 9.47 Å². The summed E-state index contributed by atoms with van der Waals surface area (Å²) in [6.07, 6.45) is 7.52. The Bertz CT molecular complexity index is 627. The monoisotopic (exact) mass is 544 g/mol. The number of ether oxygens (including phenoxy) is 2. The molecule has 1 N–H and O–H groups in total. The molecule has 6 nitrogen and oxygen atoms in total. The number of piperidine rings is 2. The first-order chi connectivity index (χ1) is 14.8. The Kier molecular flexibility index (Phi) is 12.8. The summed E-state index contributed by atoms with van der Waals surface area (Å²) in [4.78, 5) is 9.42. The van der Waals surface area contributed by atoms with Gasteiger partial charge in [-0.3, -0.25) is 9.89 Å². The number of methoxy groups -OCH3 is 1. The lowest BCUT2D eigenvalue weighted by Crippen LogP contribution is -2.46. The van der Waals surface area contributed by atoms with Gasteiger partial charge in [0.2, 0.25) is 0 Å². The highest BCUT2D eigenvalue weighted by molar-refractivity contribution is 14.0. The number of hydrogen-bond donors (Lipinski definition) is 1. The normalized spacial score (nSPS) is 18.6. The zero-order valence-corrected chi connectivity index (χ0v) is 21.7. The average Bonchev–Trinajstić information content (AvgIpc) is 2.80. The van der Waals surface area contributed by atoms with E-state index >= 15 is 0 Å². The molecule has 31 heavy (non-hydrogen) atoms. The van der Waals surface area contributed by atoms with Crippen molar-refractivity contribution in [2.75, 3.05) is 53.6 Å². The molecule has 1 aromatic carbocycles. The van der Waals surface area contributed by atoms with Gasteiger partial charge < -0.3 is 19.7 Å². The standard InChI is InChI=1S/C24H40N4O2.HI/c1-25-24(28-15-11-23(12-16-28)30-18-6-17-29-2)26-19-21-7-9-22(10-8-21)20-27-13-4-3-5-14-27;/h7-10,23H,3-6,11-20H2,1-2H3,(H,25,26);1H. The van der Waals surface area contributed by atoms with Gasteiger partial charge in [-0.2, -0.15) is 0 Å². The summed E-state index contributed by atoms with van der Waals surface area (Å²) in [6.45, 7) is 7.92. The molecule has 2 fully saturated rings. The Labute approximate surface area is 205 Å². The van der Waals surface area contributed by atoms with Gasteiger partial charge in [0.1, 0.15) is 0 Å². The first-order valence-electron chi connectivity index (χ1n) is 11.6. The van der Waals surface area contributed by atoms with Crippen LogP contribution in [-0.4, -0.2) is 75.4 Å². The van der Waals surface area contributed by atoms with E-state index in [-0.39, 0.29) is 24.0 Å². The van der Waals surface area contributed by atoms with Crippen molar-refractivity contribution in [3.8, 4) is 0 Å². The van der Waals surface area contributed by atoms with E-state index in [1.54, 1.807) is 7.11 Å². The largest absolute Gasteiger partial charge is 0.385 e. The molecule has 0 aliphatic carbocycles. The van der Waals surface area contributed by atoms with E-state index in [2.05, 4.69) is 44.4 Å². The predicted octanol–water partition coefficient (Wildman–Crippen LogP) is 3.88. The fourth-order valence-corrected chi connectivity index (χ4v) is 4.34. The lowest BCUT2D eigenvalue weighted by molar-refractivity contribution is 0.00989. The second-order valence-electron chi connectivity index (χ2n) is 8.46. The number of aliphatic imine (C=N–C) groups is 1. The van der Waals surface area contributed by atoms with Gasteiger partial charge in [-0.05, 0) is 56.3 Å². The van der Waals surface area contributed by atoms with Crippen molar-refractivity contribution in [3.63, 3.8) is 0 Å². The highest BCUT2D eigenvalue weighted by Crippen LogP contribution is 2.15. The zero-order chi connectivity index (χ0) is 21.0. The Morgan fingerprint density at radius 2 is 1.68 bits per heavy atom. The number of benzene rings is 1. The van der Waals surface area contributed by atoms with Gasteiger partial charge in [-0.15, -0.1) is 24.0 Å². The fourth-order valence-electron chi connectivity index (χ4n) is 4.34. The van der Waals surface area contributed by atoms with Crippen LogP contribution < -0.4 is 5.32 Å². The number of rotatable bonds is 9. The average molecular weight is 545 g/mol. The van der Waals surface area contributed by atoms with Gasteiger partial charge in [0.05, 0.1) is 6.10 Å². The molecule has 0 amide bonds. The van der Waals surface area contributed by atoms with Crippen molar-refractivity contribution in [3.05, 3.63) is 35.4 Å². The summed E-state index contributed by atoms with van der Waals surface area (Å²) < 4.78 is 11.1. The van der Waals surface area contributed by atoms with Crippen molar-refractivity contribution in [1.29, 1.82) is 0 Å². The van der Waals surface area contributed by atoms with E-state index in [1.807, 2.05) is 7.05 Å². The third kappa shape index (κ3) is 9.24. The van der Waals surface area contributed by atoms with Crippen molar-refractivity contribution in [2.45, 2.75) is 57.7 Å². The lowest BCUT2D eigenvalue weighted by atomic mass is 10.1. The molecular formula is C24H41IN4O2. The predicted molar refractivity (Wildman–Crippen MR) is 138 cm³/mol. The summed E-state index contributed by atoms with van der Waals surface area (Å²) in [6, 6.07) is 9.06. The van der Waals surface area contributed by atoms with E-state index in [4.69, 9.17) is 9.47 Å². The second-order valence-corrected chi connectivity index (χ2v) is 8.46. The fraction of sp³-hybridized carbons (Fsp3) is 0.708. The van der Waals surface area contributed by atoms with E-state index < -0.39 is 0 Å². The minimum Gasteiger partial charge on any atom is -0.385 e. The minimum atomic E-state index is 0. The molecule has 0 aromatic heterocycles. The maximum absolute atomic E-state index is 5.97. The first kappa shape index (κ1) is 26.4. The zero-order valence-electron chi connectivity index (χ0n) is 19.4. The van der Waals surface area contributed by atoms with E-state index in [9.17, 15) is 0 Å². The third-order valence-corrected chi connectivity index (χ3v) is 6.13. The first-order valence-corrected chi connectivity index (χ1v) is 11.6. The molecule has 176 valence electrons. The van der Waals surface area contributed by atoms with Gasteiger partial charge in [-0.25, -0.2) is 0 Å². The molecule has 0 unspecified atom stereocenters. The number of likely N-dealkylation sites (tertiary alicyclic amines) is 2. The van der Waals surface area contributed by atoms with Crippen LogP contribution in [0, 0.1) is 0 Å². The van der Waals surface area contributed by atoms with Gasteiger partial charge in [0.25, 0.3) is 0 Å². The number of hydrogen-bond acceptors (Lipinski definition) is 4. The lowest BCUT2D eigenvalue weighted by Gasteiger charge is -2.34. The number of nitrogens with one attached hydrogen (secondary N) is 1.